The van der Waals surface area contributed by atoms with Gasteiger partial charge in [0.25, 0.3) is 0 Å². The van der Waals surface area contributed by atoms with Crippen molar-refractivity contribution < 1.29 is 9.47 Å². The summed E-state index contributed by atoms with van der Waals surface area (Å²) in [5.41, 5.74) is 0. The van der Waals surface area contributed by atoms with Crippen LogP contribution in [0, 0.1) is 0 Å². The Labute approximate surface area is 148 Å². The van der Waals surface area contributed by atoms with Crippen LogP contribution in [-0.4, -0.2) is 19.2 Å². The fourth-order valence-corrected chi connectivity index (χ4v) is 2.63. The number of piperidine rings is 1. The van der Waals surface area contributed by atoms with Gasteiger partial charge in [-0.05, 0) is 67.9 Å². The van der Waals surface area contributed by atoms with Gasteiger partial charge < -0.3 is 14.8 Å². The molecule has 0 radical (unpaired) electrons. The Balaban J connectivity index is 0.00000192. The van der Waals surface area contributed by atoms with Crippen molar-refractivity contribution in [1.29, 1.82) is 0 Å². The topological polar surface area (TPSA) is 30.5 Å². The van der Waals surface area contributed by atoms with Crippen LogP contribution in [-0.2, 0) is 0 Å². The smallest absolute Gasteiger partial charge is 0.127 e. The van der Waals surface area contributed by atoms with Crippen molar-refractivity contribution in [2.45, 2.75) is 25.3 Å². The van der Waals surface area contributed by atoms with E-state index in [-0.39, 0.29) is 12.4 Å². The third-order valence-corrected chi connectivity index (χ3v) is 3.99. The molecule has 5 heteroatoms. The average Bonchev–Trinajstić information content (AvgIpc) is 2.57. The van der Waals surface area contributed by atoms with E-state index in [1.165, 1.54) is 19.3 Å². The molecular weight excluding hydrogens is 333 g/mol. The van der Waals surface area contributed by atoms with Gasteiger partial charge in [0, 0.05) is 11.1 Å². The summed E-state index contributed by atoms with van der Waals surface area (Å²) in [6.07, 6.45) is 3.75. The third-order valence-electron chi connectivity index (χ3n) is 3.74. The van der Waals surface area contributed by atoms with Gasteiger partial charge in [0.15, 0.2) is 0 Å². The number of halogens is 2. The number of ether oxygens (including phenoxy) is 2. The summed E-state index contributed by atoms with van der Waals surface area (Å²) in [6.45, 7) is 1.82. The van der Waals surface area contributed by atoms with Crippen molar-refractivity contribution in [1.82, 2.24) is 5.32 Å². The predicted octanol–water partition coefficient (Wildman–Crippen LogP) is 5.08. The molecule has 3 nitrogen and oxygen atoms in total. The Hall–Kier alpha value is -1.42. The second-order valence-corrected chi connectivity index (χ2v) is 5.92. The molecule has 3 rings (SSSR count). The van der Waals surface area contributed by atoms with Crippen LogP contribution in [0.3, 0.4) is 0 Å². The van der Waals surface area contributed by atoms with Gasteiger partial charge in [-0.25, -0.2) is 0 Å². The maximum atomic E-state index is 5.86. The van der Waals surface area contributed by atoms with Gasteiger partial charge in [0.05, 0.1) is 0 Å². The summed E-state index contributed by atoms with van der Waals surface area (Å²) in [6, 6.07) is 15.5. The van der Waals surface area contributed by atoms with Gasteiger partial charge >= 0.3 is 0 Å². The number of benzene rings is 2. The zero-order chi connectivity index (χ0) is 15.2. The molecule has 2 aromatic rings. The largest absolute Gasteiger partial charge is 0.492 e. The number of hydrogen-bond acceptors (Lipinski definition) is 3. The molecule has 0 saturated carbocycles. The van der Waals surface area contributed by atoms with Crippen molar-refractivity contribution in [3.63, 3.8) is 0 Å². The monoisotopic (exact) mass is 353 g/mol. The molecule has 2 aromatic carbocycles. The normalized spacial score (nSPS) is 17.2. The second-order valence-electron chi connectivity index (χ2n) is 5.49. The molecule has 1 saturated heterocycles. The highest BCUT2D eigenvalue weighted by Crippen LogP contribution is 2.25. The van der Waals surface area contributed by atoms with Crippen molar-refractivity contribution in [3.05, 3.63) is 53.6 Å². The maximum Gasteiger partial charge on any atom is 0.127 e. The molecule has 1 heterocycles. The highest BCUT2D eigenvalue weighted by Gasteiger charge is 2.12. The van der Waals surface area contributed by atoms with Crippen molar-refractivity contribution in [3.8, 4) is 17.2 Å². The summed E-state index contributed by atoms with van der Waals surface area (Å²) in [4.78, 5) is 0. The molecule has 1 N–H and O–H groups in total. The Morgan fingerprint density at radius 1 is 0.913 bits per heavy atom. The quantitative estimate of drug-likeness (QED) is 0.813. The van der Waals surface area contributed by atoms with Crippen LogP contribution < -0.4 is 14.8 Å². The predicted molar refractivity (Wildman–Crippen MR) is 96.4 cm³/mol. The fraction of sp³-hybridized carbons (Fsp3) is 0.333. The summed E-state index contributed by atoms with van der Waals surface area (Å²) in [7, 11) is 0. The van der Waals surface area contributed by atoms with Crippen molar-refractivity contribution >= 4 is 24.0 Å². The highest BCUT2D eigenvalue weighted by atomic mass is 35.5. The lowest BCUT2D eigenvalue weighted by molar-refractivity contribution is 0.239. The molecule has 0 bridgehead atoms. The highest BCUT2D eigenvalue weighted by molar-refractivity contribution is 6.30. The van der Waals surface area contributed by atoms with E-state index < -0.39 is 0 Å². The maximum absolute atomic E-state index is 5.86. The standard InChI is InChI=1S/C18H20ClNO2.ClH/c19-14-4-6-17(7-5-14)22-18-10-8-16(9-11-18)21-13-15-3-1-2-12-20-15;/h4-11,15,20H,1-3,12-13H2;1H/t15-;/m0./s1. The van der Waals surface area contributed by atoms with Crippen LogP contribution in [0.5, 0.6) is 17.2 Å². The van der Waals surface area contributed by atoms with E-state index in [1.807, 2.05) is 48.5 Å². The van der Waals surface area contributed by atoms with Gasteiger partial charge in [-0.15, -0.1) is 12.4 Å². The molecule has 0 unspecified atom stereocenters. The van der Waals surface area contributed by atoms with Crippen LogP contribution >= 0.6 is 24.0 Å². The minimum atomic E-state index is 0. The first kappa shape index (κ1) is 17.9. The van der Waals surface area contributed by atoms with Crippen LogP contribution in [0.4, 0.5) is 0 Å². The molecule has 1 aliphatic heterocycles. The minimum Gasteiger partial charge on any atom is -0.492 e. The summed E-state index contributed by atoms with van der Waals surface area (Å²) < 4.78 is 11.6. The van der Waals surface area contributed by atoms with Gasteiger partial charge in [0.2, 0.25) is 0 Å². The number of rotatable bonds is 5. The zero-order valence-corrected chi connectivity index (χ0v) is 14.4. The van der Waals surface area contributed by atoms with E-state index in [0.29, 0.717) is 11.1 Å². The summed E-state index contributed by atoms with van der Waals surface area (Å²) >= 11 is 5.86. The molecule has 23 heavy (non-hydrogen) atoms. The molecule has 124 valence electrons. The van der Waals surface area contributed by atoms with Gasteiger partial charge in [0.1, 0.15) is 23.9 Å². The zero-order valence-electron chi connectivity index (χ0n) is 12.8. The lowest BCUT2D eigenvalue weighted by Gasteiger charge is -2.23. The Bertz CT molecular complexity index is 581. The Kier molecular flexibility index (Phi) is 7.03. The van der Waals surface area contributed by atoms with Gasteiger partial charge in [-0.2, -0.15) is 0 Å². The van der Waals surface area contributed by atoms with Gasteiger partial charge in [-0.1, -0.05) is 18.0 Å². The van der Waals surface area contributed by atoms with E-state index >= 15 is 0 Å². The minimum absolute atomic E-state index is 0. The summed E-state index contributed by atoms with van der Waals surface area (Å²) in [5, 5.41) is 4.18. The lowest BCUT2D eigenvalue weighted by atomic mass is 10.1. The molecule has 0 aliphatic carbocycles. The summed E-state index contributed by atoms with van der Waals surface area (Å²) in [5.74, 6) is 2.42. The number of hydrogen-bond donors (Lipinski definition) is 1. The van der Waals surface area contributed by atoms with Crippen molar-refractivity contribution in [2.24, 2.45) is 0 Å². The van der Waals surface area contributed by atoms with Crippen LogP contribution in [0.15, 0.2) is 48.5 Å². The Morgan fingerprint density at radius 2 is 1.52 bits per heavy atom. The first-order chi connectivity index (χ1) is 10.8. The molecule has 0 amide bonds. The molecule has 1 aliphatic rings. The van der Waals surface area contributed by atoms with Crippen LogP contribution in [0.25, 0.3) is 0 Å². The Morgan fingerprint density at radius 3 is 2.13 bits per heavy atom. The SMILES string of the molecule is Cl.Clc1ccc(Oc2ccc(OC[C@@H]3CCCCN3)cc2)cc1. The molecule has 1 fully saturated rings. The van der Waals surface area contributed by atoms with Crippen LogP contribution in [0.1, 0.15) is 19.3 Å². The lowest BCUT2D eigenvalue weighted by Crippen LogP contribution is -2.38. The van der Waals surface area contributed by atoms with E-state index in [4.69, 9.17) is 21.1 Å². The van der Waals surface area contributed by atoms with Crippen molar-refractivity contribution in [2.75, 3.05) is 13.2 Å². The third kappa shape index (κ3) is 5.61. The average molecular weight is 354 g/mol. The fourth-order valence-electron chi connectivity index (χ4n) is 2.51. The van der Waals surface area contributed by atoms with E-state index in [0.717, 1.165) is 30.4 Å². The van der Waals surface area contributed by atoms with E-state index in [2.05, 4.69) is 5.32 Å². The molecule has 0 spiro atoms. The first-order valence-electron chi connectivity index (χ1n) is 7.69. The molecule has 0 aromatic heterocycles. The molecule has 1 atom stereocenters. The van der Waals surface area contributed by atoms with Gasteiger partial charge in [-0.3, -0.25) is 0 Å². The first-order valence-corrected chi connectivity index (χ1v) is 8.07. The second kappa shape index (κ2) is 9.02. The van der Waals surface area contributed by atoms with Crippen LogP contribution in [0.2, 0.25) is 5.02 Å². The van der Waals surface area contributed by atoms with E-state index in [1.54, 1.807) is 0 Å². The van der Waals surface area contributed by atoms with E-state index in [9.17, 15) is 0 Å². The molecular formula is C18H21Cl2NO2. The number of nitrogens with one attached hydrogen (secondary N) is 1.